The van der Waals surface area contributed by atoms with Gasteiger partial charge < -0.3 is 4.42 Å². The highest BCUT2D eigenvalue weighted by atomic mass is 32.1. The van der Waals surface area contributed by atoms with Gasteiger partial charge in [-0.25, -0.2) is 0 Å². The number of aromatic nitrogens is 1. The monoisotopic (exact) mass is 405 g/mol. The average molecular weight is 406 g/mol. The van der Waals surface area contributed by atoms with Crippen LogP contribution in [-0.4, -0.2) is 4.98 Å². The van der Waals surface area contributed by atoms with E-state index in [9.17, 15) is 0 Å². The third-order valence-corrected chi connectivity index (χ3v) is 6.77. The van der Waals surface area contributed by atoms with Crippen LogP contribution in [0.4, 0.5) is 0 Å². The molecule has 144 valence electrons. The number of rotatable bonds is 2. The lowest BCUT2D eigenvalue weighted by atomic mass is 10.0. The summed E-state index contributed by atoms with van der Waals surface area (Å²) in [5, 5.41) is 3.66. The lowest BCUT2D eigenvalue weighted by Gasteiger charge is -2.05. The Labute approximate surface area is 178 Å². The number of pyridine rings is 1. The first-order valence-corrected chi connectivity index (χ1v) is 10.9. The highest BCUT2D eigenvalue weighted by Gasteiger charge is 2.14. The number of benzene rings is 3. The van der Waals surface area contributed by atoms with E-state index in [0.717, 1.165) is 28.0 Å². The first kappa shape index (κ1) is 17.4. The quantitative estimate of drug-likeness (QED) is 0.290. The molecule has 2 nitrogen and oxygen atoms in total. The maximum absolute atomic E-state index is 6.09. The molecule has 0 unspecified atom stereocenters. The Balaban J connectivity index is 1.55. The molecular formula is C27H19NOS. The van der Waals surface area contributed by atoms with Crippen LogP contribution in [-0.2, 0) is 0 Å². The Kier molecular flexibility index (Phi) is 3.80. The van der Waals surface area contributed by atoms with Crippen molar-refractivity contribution >= 4 is 42.5 Å². The summed E-state index contributed by atoms with van der Waals surface area (Å²) in [6.45, 7) is 4.28. The molecule has 0 bridgehead atoms. The molecule has 6 aromatic rings. The van der Waals surface area contributed by atoms with Crippen LogP contribution in [0.5, 0.6) is 0 Å². The SMILES string of the molecule is Cc1cc(C)cc(-c2nccc3c2sc2cc(-c4cc5ccccc5o4)ccc23)c1. The van der Waals surface area contributed by atoms with Gasteiger partial charge in [0.1, 0.15) is 11.3 Å². The lowest BCUT2D eigenvalue weighted by Crippen LogP contribution is -1.86. The van der Waals surface area contributed by atoms with Gasteiger partial charge in [0.05, 0.1) is 10.4 Å². The van der Waals surface area contributed by atoms with Crippen molar-refractivity contribution in [2.45, 2.75) is 13.8 Å². The van der Waals surface area contributed by atoms with Gasteiger partial charge in [-0.3, -0.25) is 4.98 Å². The minimum atomic E-state index is 0.906. The van der Waals surface area contributed by atoms with Crippen LogP contribution >= 0.6 is 11.3 Å². The van der Waals surface area contributed by atoms with E-state index in [-0.39, 0.29) is 0 Å². The summed E-state index contributed by atoms with van der Waals surface area (Å²) in [5.41, 5.74) is 6.79. The van der Waals surface area contributed by atoms with E-state index in [1.54, 1.807) is 11.3 Å². The smallest absolute Gasteiger partial charge is 0.135 e. The summed E-state index contributed by atoms with van der Waals surface area (Å²) < 4.78 is 8.58. The molecule has 6 rings (SSSR count). The second kappa shape index (κ2) is 6.54. The summed E-state index contributed by atoms with van der Waals surface area (Å²) in [6.07, 6.45) is 1.93. The summed E-state index contributed by atoms with van der Waals surface area (Å²) in [7, 11) is 0. The Hall–Kier alpha value is -3.43. The number of nitrogens with zero attached hydrogens (tertiary/aromatic N) is 1. The largest absolute Gasteiger partial charge is 0.456 e. The number of hydrogen-bond donors (Lipinski definition) is 0. The number of aryl methyl sites for hydroxylation is 2. The first-order valence-electron chi connectivity index (χ1n) is 10.0. The molecule has 0 radical (unpaired) electrons. The molecule has 3 aromatic heterocycles. The van der Waals surface area contributed by atoms with Crippen molar-refractivity contribution in [1.82, 2.24) is 4.98 Å². The predicted octanol–water partition coefficient (Wildman–Crippen LogP) is 8.15. The maximum atomic E-state index is 6.09. The van der Waals surface area contributed by atoms with Gasteiger partial charge in [-0.15, -0.1) is 11.3 Å². The molecule has 0 aliphatic rings. The predicted molar refractivity (Wildman–Crippen MR) is 127 cm³/mol. The van der Waals surface area contributed by atoms with Crippen molar-refractivity contribution in [3.8, 4) is 22.6 Å². The number of hydrogen-bond acceptors (Lipinski definition) is 3. The topological polar surface area (TPSA) is 26.0 Å². The van der Waals surface area contributed by atoms with Crippen molar-refractivity contribution in [2.24, 2.45) is 0 Å². The molecule has 0 saturated carbocycles. The molecule has 3 heteroatoms. The van der Waals surface area contributed by atoms with Gasteiger partial charge in [0.15, 0.2) is 0 Å². The zero-order valence-electron chi connectivity index (χ0n) is 16.8. The molecule has 0 aliphatic carbocycles. The van der Waals surface area contributed by atoms with Gasteiger partial charge in [0, 0.05) is 38.2 Å². The second-order valence-corrected chi connectivity index (χ2v) is 8.93. The number of fused-ring (bicyclic) bond motifs is 4. The minimum absolute atomic E-state index is 0.906. The zero-order chi connectivity index (χ0) is 20.2. The van der Waals surface area contributed by atoms with Crippen LogP contribution in [0.3, 0.4) is 0 Å². The van der Waals surface area contributed by atoms with E-state index < -0.39 is 0 Å². The molecule has 3 aromatic carbocycles. The fourth-order valence-corrected chi connectivity index (χ4v) is 5.55. The standard InChI is InChI=1S/C27H19NOS/c1-16-11-17(2)13-20(12-16)26-27-22(9-10-28-26)21-8-7-19(15-25(21)30-27)24-14-18-5-3-4-6-23(18)29-24/h3-15H,1-2H3. The van der Waals surface area contributed by atoms with E-state index in [2.05, 4.69) is 68.4 Å². The van der Waals surface area contributed by atoms with Crippen LogP contribution < -0.4 is 0 Å². The van der Waals surface area contributed by atoms with Crippen molar-refractivity contribution in [3.63, 3.8) is 0 Å². The molecule has 0 spiro atoms. The fourth-order valence-electron chi connectivity index (χ4n) is 4.30. The molecule has 0 aliphatic heterocycles. The Morgan fingerprint density at radius 3 is 2.43 bits per heavy atom. The lowest BCUT2D eigenvalue weighted by molar-refractivity contribution is 0.631. The second-order valence-electron chi connectivity index (χ2n) is 7.87. The summed E-state index contributed by atoms with van der Waals surface area (Å²) in [5.74, 6) is 0.906. The highest BCUT2D eigenvalue weighted by Crippen LogP contribution is 2.41. The van der Waals surface area contributed by atoms with E-state index in [4.69, 9.17) is 9.40 Å². The van der Waals surface area contributed by atoms with Gasteiger partial charge >= 0.3 is 0 Å². The van der Waals surface area contributed by atoms with Crippen molar-refractivity contribution in [1.29, 1.82) is 0 Å². The molecule has 30 heavy (non-hydrogen) atoms. The molecule has 0 N–H and O–H groups in total. The third-order valence-electron chi connectivity index (χ3n) is 5.59. The van der Waals surface area contributed by atoms with Gasteiger partial charge in [0.25, 0.3) is 0 Å². The van der Waals surface area contributed by atoms with Crippen LogP contribution in [0.25, 0.3) is 53.7 Å². The number of para-hydroxylation sites is 1. The molecule has 0 atom stereocenters. The zero-order valence-corrected chi connectivity index (χ0v) is 17.6. The average Bonchev–Trinajstić information content (AvgIpc) is 3.33. The highest BCUT2D eigenvalue weighted by molar-refractivity contribution is 7.26. The molecule has 3 heterocycles. The van der Waals surface area contributed by atoms with E-state index in [0.29, 0.717) is 0 Å². The van der Waals surface area contributed by atoms with Crippen molar-refractivity contribution in [2.75, 3.05) is 0 Å². The van der Waals surface area contributed by atoms with Crippen LogP contribution in [0.15, 0.2) is 83.4 Å². The van der Waals surface area contributed by atoms with Crippen LogP contribution in [0.1, 0.15) is 11.1 Å². The van der Waals surface area contributed by atoms with Gasteiger partial charge in [-0.1, -0.05) is 47.5 Å². The Morgan fingerprint density at radius 1 is 0.767 bits per heavy atom. The fraction of sp³-hybridized carbons (Fsp3) is 0.0741. The van der Waals surface area contributed by atoms with Crippen molar-refractivity contribution < 1.29 is 4.42 Å². The summed E-state index contributed by atoms with van der Waals surface area (Å²) >= 11 is 1.81. The number of furan rings is 1. The summed E-state index contributed by atoms with van der Waals surface area (Å²) in [6, 6.07) is 25.6. The maximum Gasteiger partial charge on any atom is 0.135 e. The van der Waals surface area contributed by atoms with Gasteiger partial charge in [-0.05, 0) is 50.2 Å². The van der Waals surface area contributed by atoms with Crippen molar-refractivity contribution in [3.05, 3.63) is 90.1 Å². The van der Waals surface area contributed by atoms with Crippen LogP contribution in [0.2, 0.25) is 0 Å². The third kappa shape index (κ3) is 2.74. The Bertz CT molecular complexity index is 1520. The molecule has 0 fully saturated rings. The normalized spacial score (nSPS) is 11.7. The molecule has 0 saturated heterocycles. The molecule has 0 amide bonds. The van der Waals surface area contributed by atoms with Gasteiger partial charge in [-0.2, -0.15) is 0 Å². The van der Waals surface area contributed by atoms with E-state index >= 15 is 0 Å². The van der Waals surface area contributed by atoms with Crippen LogP contribution in [0, 0.1) is 13.8 Å². The molecular weight excluding hydrogens is 386 g/mol. The minimum Gasteiger partial charge on any atom is -0.456 e. The summed E-state index contributed by atoms with van der Waals surface area (Å²) in [4.78, 5) is 4.76. The van der Waals surface area contributed by atoms with E-state index in [1.165, 1.54) is 36.9 Å². The van der Waals surface area contributed by atoms with E-state index in [1.807, 2.05) is 24.4 Å². The first-order chi connectivity index (χ1) is 14.7. The Morgan fingerprint density at radius 2 is 1.60 bits per heavy atom. The van der Waals surface area contributed by atoms with Gasteiger partial charge in [0.2, 0.25) is 0 Å². The number of thiophene rings is 1.